The van der Waals surface area contributed by atoms with E-state index in [1.54, 1.807) is 25.3 Å². The summed E-state index contributed by atoms with van der Waals surface area (Å²) in [6.07, 6.45) is 0.741. The van der Waals surface area contributed by atoms with E-state index in [-0.39, 0.29) is 10.9 Å². The summed E-state index contributed by atoms with van der Waals surface area (Å²) in [7, 11) is -1.98. The van der Waals surface area contributed by atoms with Gasteiger partial charge in [0, 0.05) is 25.4 Å². The van der Waals surface area contributed by atoms with Crippen molar-refractivity contribution < 1.29 is 13.2 Å². The predicted octanol–water partition coefficient (Wildman–Crippen LogP) is 1.70. The second-order valence-electron chi connectivity index (χ2n) is 4.44. The van der Waals surface area contributed by atoms with Gasteiger partial charge in [-0.3, -0.25) is 0 Å². The highest BCUT2D eigenvalue weighted by Gasteiger charge is 2.27. The summed E-state index contributed by atoms with van der Waals surface area (Å²) in [6, 6.07) is 6.28. The molecule has 1 aromatic rings. The topological polar surface area (TPSA) is 72.6 Å². The first-order chi connectivity index (χ1) is 8.93. The zero-order valence-corrected chi connectivity index (χ0v) is 12.5. The second-order valence-corrected chi connectivity index (χ2v) is 6.33. The molecule has 0 bridgehead atoms. The summed E-state index contributed by atoms with van der Waals surface area (Å²) in [5.41, 5.74) is 6.10. The van der Waals surface area contributed by atoms with Crippen LogP contribution in [0.4, 0.5) is 5.69 Å². The van der Waals surface area contributed by atoms with E-state index in [4.69, 9.17) is 10.5 Å². The molecule has 0 fully saturated rings. The Morgan fingerprint density at radius 1 is 1.42 bits per heavy atom. The maximum atomic E-state index is 12.6. The van der Waals surface area contributed by atoms with Gasteiger partial charge in [-0.25, -0.2) is 8.42 Å². The average Bonchev–Trinajstić information content (AvgIpc) is 2.38. The van der Waals surface area contributed by atoms with Crippen molar-refractivity contribution in [1.29, 1.82) is 0 Å². The van der Waals surface area contributed by atoms with Crippen molar-refractivity contribution in [2.45, 2.75) is 31.2 Å². The third-order valence-electron chi connectivity index (χ3n) is 3.06. The molecule has 0 aliphatic carbocycles. The number of rotatable bonds is 7. The molecular formula is C13H22N2O3S. The highest BCUT2D eigenvalue weighted by Crippen LogP contribution is 2.21. The summed E-state index contributed by atoms with van der Waals surface area (Å²) in [4.78, 5) is 0.226. The Hall–Kier alpha value is -1.11. The highest BCUT2D eigenvalue weighted by molar-refractivity contribution is 7.89. The Kier molecular flexibility index (Phi) is 5.78. The number of nitrogen functional groups attached to an aromatic ring is 1. The van der Waals surface area contributed by atoms with Crippen LogP contribution in [-0.4, -0.2) is 39.0 Å². The number of sulfonamides is 1. The van der Waals surface area contributed by atoms with Crippen molar-refractivity contribution in [1.82, 2.24) is 4.31 Å². The smallest absolute Gasteiger partial charge is 0.243 e. The van der Waals surface area contributed by atoms with E-state index >= 15 is 0 Å². The number of benzene rings is 1. The van der Waals surface area contributed by atoms with Gasteiger partial charge in [0.25, 0.3) is 0 Å². The monoisotopic (exact) mass is 286 g/mol. The quantitative estimate of drug-likeness (QED) is 0.774. The molecular weight excluding hydrogens is 264 g/mol. The number of methoxy groups -OCH3 is 1. The molecule has 0 radical (unpaired) electrons. The highest BCUT2D eigenvalue weighted by atomic mass is 32.2. The lowest BCUT2D eigenvalue weighted by Crippen LogP contribution is -2.40. The normalized spacial score (nSPS) is 13.7. The van der Waals surface area contributed by atoms with Gasteiger partial charge in [-0.1, -0.05) is 13.0 Å². The Morgan fingerprint density at radius 2 is 2.11 bits per heavy atom. The van der Waals surface area contributed by atoms with Crippen molar-refractivity contribution in [3.63, 3.8) is 0 Å². The molecule has 2 N–H and O–H groups in total. The fourth-order valence-corrected chi connectivity index (χ4v) is 3.52. The Morgan fingerprint density at radius 3 is 2.63 bits per heavy atom. The minimum atomic E-state index is -3.53. The van der Waals surface area contributed by atoms with E-state index < -0.39 is 10.0 Å². The summed E-state index contributed by atoms with van der Waals surface area (Å²) in [5.74, 6) is 0. The standard InChI is InChI=1S/C13H22N2O3S/c1-4-11(2)15(8-9-18-3)19(16,17)13-7-5-6-12(14)10-13/h5-7,10-11H,4,8-9,14H2,1-3H3. The average molecular weight is 286 g/mol. The van der Waals surface area contributed by atoms with Gasteiger partial charge < -0.3 is 10.5 Å². The van der Waals surface area contributed by atoms with Gasteiger partial charge in [0.2, 0.25) is 10.0 Å². The van der Waals surface area contributed by atoms with Gasteiger partial charge in [0.1, 0.15) is 0 Å². The van der Waals surface area contributed by atoms with E-state index in [9.17, 15) is 8.42 Å². The van der Waals surface area contributed by atoms with Crippen LogP contribution in [0.15, 0.2) is 29.2 Å². The van der Waals surface area contributed by atoms with Crippen LogP contribution < -0.4 is 5.73 Å². The minimum Gasteiger partial charge on any atom is -0.399 e. The first-order valence-electron chi connectivity index (χ1n) is 6.29. The summed E-state index contributed by atoms with van der Waals surface area (Å²) in [5, 5.41) is 0. The number of nitrogens with zero attached hydrogens (tertiary/aromatic N) is 1. The molecule has 0 saturated carbocycles. The van der Waals surface area contributed by atoms with Crippen LogP contribution in [0.1, 0.15) is 20.3 Å². The van der Waals surface area contributed by atoms with Gasteiger partial charge >= 0.3 is 0 Å². The molecule has 19 heavy (non-hydrogen) atoms. The Balaban J connectivity index is 3.11. The molecule has 5 nitrogen and oxygen atoms in total. The number of anilines is 1. The molecule has 0 heterocycles. The molecule has 0 aliphatic heterocycles. The van der Waals surface area contributed by atoms with Crippen molar-refractivity contribution >= 4 is 15.7 Å². The molecule has 1 atom stereocenters. The van der Waals surface area contributed by atoms with Crippen molar-refractivity contribution in [2.24, 2.45) is 0 Å². The number of hydrogen-bond donors (Lipinski definition) is 1. The molecule has 6 heteroatoms. The first-order valence-corrected chi connectivity index (χ1v) is 7.73. The summed E-state index contributed by atoms with van der Waals surface area (Å²) in [6.45, 7) is 4.55. The Bertz CT molecular complexity index is 502. The molecule has 1 aromatic carbocycles. The van der Waals surface area contributed by atoms with E-state index in [1.165, 1.54) is 10.4 Å². The third kappa shape index (κ3) is 3.92. The number of ether oxygens (including phenoxy) is 1. The summed E-state index contributed by atoms with van der Waals surface area (Å²) >= 11 is 0. The largest absolute Gasteiger partial charge is 0.399 e. The first kappa shape index (κ1) is 15.9. The molecule has 0 spiro atoms. The maximum absolute atomic E-state index is 12.6. The van der Waals surface area contributed by atoms with E-state index in [0.29, 0.717) is 18.8 Å². The minimum absolute atomic E-state index is 0.0819. The predicted molar refractivity (Wildman–Crippen MR) is 76.4 cm³/mol. The van der Waals surface area contributed by atoms with Crippen LogP contribution in [0.25, 0.3) is 0 Å². The molecule has 1 unspecified atom stereocenters. The lowest BCUT2D eigenvalue weighted by molar-refractivity contribution is 0.167. The van der Waals surface area contributed by atoms with Crippen LogP contribution in [-0.2, 0) is 14.8 Å². The fourth-order valence-electron chi connectivity index (χ4n) is 1.77. The van der Waals surface area contributed by atoms with Crippen molar-refractivity contribution in [3.8, 4) is 0 Å². The van der Waals surface area contributed by atoms with E-state index in [0.717, 1.165) is 6.42 Å². The van der Waals surface area contributed by atoms with Crippen LogP contribution in [0, 0.1) is 0 Å². The molecule has 0 saturated heterocycles. The van der Waals surface area contributed by atoms with Gasteiger partial charge in [-0.2, -0.15) is 4.31 Å². The van der Waals surface area contributed by atoms with E-state index in [1.807, 2.05) is 13.8 Å². The van der Waals surface area contributed by atoms with Crippen LogP contribution in [0.5, 0.6) is 0 Å². The number of hydrogen-bond acceptors (Lipinski definition) is 4. The second kappa shape index (κ2) is 6.88. The van der Waals surface area contributed by atoms with Gasteiger partial charge in [0.15, 0.2) is 0 Å². The fraction of sp³-hybridized carbons (Fsp3) is 0.538. The molecule has 0 amide bonds. The van der Waals surface area contributed by atoms with Gasteiger partial charge in [-0.05, 0) is 31.5 Å². The third-order valence-corrected chi connectivity index (χ3v) is 5.07. The van der Waals surface area contributed by atoms with Crippen LogP contribution in [0.2, 0.25) is 0 Å². The lowest BCUT2D eigenvalue weighted by atomic mass is 10.3. The van der Waals surface area contributed by atoms with Crippen LogP contribution >= 0.6 is 0 Å². The van der Waals surface area contributed by atoms with Crippen molar-refractivity contribution in [3.05, 3.63) is 24.3 Å². The van der Waals surface area contributed by atoms with Gasteiger partial charge in [-0.15, -0.1) is 0 Å². The molecule has 0 aliphatic rings. The zero-order chi connectivity index (χ0) is 14.5. The number of nitrogens with two attached hydrogens (primary N) is 1. The SMILES string of the molecule is CCC(C)N(CCOC)S(=O)(=O)c1cccc(N)c1. The lowest BCUT2D eigenvalue weighted by Gasteiger charge is -2.27. The van der Waals surface area contributed by atoms with Crippen molar-refractivity contribution in [2.75, 3.05) is 26.0 Å². The Labute approximate surface area is 115 Å². The molecule has 1 rings (SSSR count). The molecule has 108 valence electrons. The maximum Gasteiger partial charge on any atom is 0.243 e. The van der Waals surface area contributed by atoms with E-state index in [2.05, 4.69) is 0 Å². The summed E-state index contributed by atoms with van der Waals surface area (Å²) < 4.78 is 31.7. The molecule has 0 aromatic heterocycles. The van der Waals surface area contributed by atoms with Gasteiger partial charge in [0.05, 0.1) is 11.5 Å². The zero-order valence-electron chi connectivity index (χ0n) is 11.7. The van der Waals surface area contributed by atoms with Crippen LogP contribution in [0.3, 0.4) is 0 Å².